The van der Waals surface area contributed by atoms with Crippen molar-refractivity contribution in [3.63, 3.8) is 0 Å². The molecule has 0 bridgehead atoms. The zero-order valence-corrected chi connectivity index (χ0v) is 11.4. The molecule has 3 rings (SSSR count). The molecule has 0 aliphatic heterocycles. The van der Waals surface area contributed by atoms with E-state index in [0.29, 0.717) is 5.56 Å². The van der Waals surface area contributed by atoms with E-state index < -0.39 is 11.7 Å². The maximum absolute atomic E-state index is 12.9. The first-order valence-electron chi connectivity index (χ1n) is 6.18. The van der Waals surface area contributed by atoms with Gasteiger partial charge in [-0.15, -0.1) is 0 Å². The van der Waals surface area contributed by atoms with Crippen LogP contribution in [0.25, 0.3) is 22.0 Å². The SMILES string of the molecule is FC(F)(F)c1cc(Cl)nc(-c2cccc3ccccc23)c1. The number of nitrogens with zero attached hydrogens (tertiary/aromatic N) is 1. The van der Waals surface area contributed by atoms with Crippen molar-refractivity contribution in [3.8, 4) is 11.3 Å². The minimum atomic E-state index is -4.45. The van der Waals surface area contributed by atoms with E-state index in [-0.39, 0.29) is 10.8 Å². The largest absolute Gasteiger partial charge is 0.416 e. The summed E-state index contributed by atoms with van der Waals surface area (Å²) in [6.07, 6.45) is -4.45. The fraction of sp³-hybridized carbons (Fsp3) is 0.0625. The third-order valence-electron chi connectivity index (χ3n) is 3.19. The van der Waals surface area contributed by atoms with E-state index in [1.54, 1.807) is 12.1 Å². The molecule has 0 saturated carbocycles. The summed E-state index contributed by atoms with van der Waals surface area (Å²) in [5.41, 5.74) is 0.0400. The number of pyridine rings is 1. The van der Waals surface area contributed by atoms with Crippen LogP contribution in [0.1, 0.15) is 5.56 Å². The van der Waals surface area contributed by atoms with Gasteiger partial charge in [-0.3, -0.25) is 0 Å². The van der Waals surface area contributed by atoms with Gasteiger partial charge in [0.05, 0.1) is 11.3 Å². The fourth-order valence-corrected chi connectivity index (χ4v) is 2.46. The van der Waals surface area contributed by atoms with Gasteiger partial charge in [0.25, 0.3) is 0 Å². The lowest BCUT2D eigenvalue weighted by Gasteiger charge is -2.11. The highest BCUT2D eigenvalue weighted by Gasteiger charge is 2.31. The van der Waals surface area contributed by atoms with Gasteiger partial charge in [0.1, 0.15) is 5.15 Å². The van der Waals surface area contributed by atoms with E-state index in [9.17, 15) is 13.2 Å². The average Bonchev–Trinajstić information content (AvgIpc) is 2.45. The number of halogens is 4. The van der Waals surface area contributed by atoms with Crippen LogP contribution in [0.4, 0.5) is 13.2 Å². The molecule has 106 valence electrons. The van der Waals surface area contributed by atoms with Crippen LogP contribution < -0.4 is 0 Å². The first-order chi connectivity index (χ1) is 9.95. The third kappa shape index (κ3) is 2.72. The van der Waals surface area contributed by atoms with E-state index >= 15 is 0 Å². The third-order valence-corrected chi connectivity index (χ3v) is 3.38. The second-order valence-electron chi connectivity index (χ2n) is 4.59. The quantitative estimate of drug-likeness (QED) is 0.535. The van der Waals surface area contributed by atoms with Crippen molar-refractivity contribution in [3.05, 3.63) is 65.3 Å². The molecule has 1 heterocycles. The number of benzene rings is 2. The van der Waals surface area contributed by atoms with Gasteiger partial charge >= 0.3 is 6.18 Å². The van der Waals surface area contributed by atoms with Crippen molar-refractivity contribution in [1.82, 2.24) is 4.98 Å². The highest BCUT2D eigenvalue weighted by atomic mass is 35.5. The molecule has 5 heteroatoms. The summed E-state index contributed by atoms with van der Waals surface area (Å²) in [5.74, 6) is 0. The molecule has 0 saturated heterocycles. The van der Waals surface area contributed by atoms with Crippen LogP contribution in [-0.2, 0) is 6.18 Å². The molecule has 3 aromatic rings. The number of alkyl halides is 3. The fourth-order valence-electron chi connectivity index (χ4n) is 2.25. The van der Waals surface area contributed by atoms with Crippen molar-refractivity contribution in [1.29, 1.82) is 0 Å². The Morgan fingerprint density at radius 3 is 2.38 bits per heavy atom. The standard InChI is InChI=1S/C16H9ClF3N/c17-15-9-11(16(18,19)20)8-14(21-15)13-7-3-5-10-4-1-2-6-12(10)13/h1-9H. The van der Waals surface area contributed by atoms with Crippen LogP contribution in [0.3, 0.4) is 0 Å². The van der Waals surface area contributed by atoms with Crippen molar-refractivity contribution >= 4 is 22.4 Å². The molecule has 0 N–H and O–H groups in total. The topological polar surface area (TPSA) is 12.9 Å². The lowest BCUT2D eigenvalue weighted by atomic mass is 10.0. The van der Waals surface area contributed by atoms with Gasteiger partial charge < -0.3 is 0 Å². The maximum Gasteiger partial charge on any atom is 0.416 e. The molecule has 0 radical (unpaired) electrons. The first-order valence-corrected chi connectivity index (χ1v) is 6.56. The normalized spacial score (nSPS) is 11.8. The van der Waals surface area contributed by atoms with Crippen molar-refractivity contribution in [2.24, 2.45) is 0 Å². The summed E-state index contributed by atoms with van der Waals surface area (Å²) in [6, 6.07) is 14.7. The smallest absolute Gasteiger partial charge is 0.236 e. The molecule has 0 aliphatic carbocycles. The maximum atomic E-state index is 12.9. The van der Waals surface area contributed by atoms with E-state index in [0.717, 1.165) is 22.9 Å². The molecular formula is C16H9ClF3N. The Kier molecular flexibility index (Phi) is 3.33. The summed E-state index contributed by atoms with van der Waals surface area (Å²) in [7, 11) is 0. The van der Waals surface area contributed by atoms with E-state index in [4.69, 9.17) is 11.6 Å². The van der Waals surface area contributed by atoms with Gasteiger partial charge in [-0.1, -0.05) is 54.1 Å². The second-order valence-corrected chi connectivity index (χ2v) is 4.98. The van der Waals surface area contributed by atoms with Gasteiger partial charge in [0.15, 0.2) is 0 Å². The summed E-state index contributed by atoms with van der Waals surface area (Å²) in [6.45, 7) is 0. The first kappa shape index (κ1) is 13.9. The molecule has 1 aromatic heterocycles. The van der Waals surface area contributed by atoms with Gasteiger partial charge in [-0.25, -0.2) is 4.98 Å². The summed E-state index contributed by atoms with van der Waals surface area (Å²) >= 11 is 5.75. The molecule has 1 nitrogen and oxygen atoms in total. The van der Waals surface area contributed by atoms with E-state index in [2.05, 4.69) is 4.98 Å². The Morgan fingerprint density at radius 2 is 1.62 bits per heavy atom. The average molecular weight is 308 g/mol. The Bertz CT molecular complexity index is 807. The van der Waals surface area contributed by atoms with Crippen LogP contribution >= 0.6 is 11.6 Å². The molecule has 21 heavy (non-hydrogen) atoms. The summed E-state index contributed by atoms with van der Waals surface area (Å²) < 4.78 is 38.7. The van der Waals surface area contributed by atoms with E-state index in [1.807, 2.05) is 30.3 Å². The van der Waals surface area contributed by atoms with Gasteiger partial charge in [0, 0.05) is 5.56 Å². The lowest BCUT2D eigenvalue weighted by Crippen LogP contribution is -2.05. The van der Waals surface area contributed by atoms with E-state index in [1.165, 1.54) is 0 Å². The molecular weight excluding hydrogens is 299 g/mol. The van der Waals surface area contributed by atoms with Crippen LogP contribution in [0, 0.1) is 0 Å². The van der Waals surface area contributed by atoms with Gasteiger partial charge in [0.2, 0.25) is 0 Å². The zero-order valence-electron chi connectivity index (χ0n) is 10.7. The van der Waals surface area contributed by atoms with Gasteiger partial charge in [-0.05, 0) is 22.9 Å². The molecule has 0 fully saturated rings. The van der Waals surface area contributed by atoms with Crippen LogP contribution in [0.2, 0.25) is 5.15 Å². The highest BCUT2D eigenvalue weighted by molar-refractivity contribution is 6.29. The second kappa shape index (κ2) is 5.04. The highest BCUT2D eigenvalue weighted by Crippen LogP contribution is 2.35. The van der Waals surface area contributed by atoms with Crippen molar-refractivity contribution < 1.29 is 13.2 Å². The molecule has 0 atom stereocenters. The Morgan fingerprint density at radius 1 is 0.905 bits per heavy atom. The van der Waals surface area contributed by atoms with Crippen molar-refractivity contribution in [2.45, 2.75) is 6.18 Å². The van der Waals surface area contributed by atoms with Gasteiger partial charge in [-0.2, -0.15) is 13.2 Å². The lowest BCUT2D eigenvalue weighted by molar-refractivity contribution is -0.137. The zero-order chi connectivity index (χ0) is 15.0. The number of hydrogen-bond donors (Lipinski definition) is 0. The molecule has 2 aromatic carbocycles. The minimum Gasteiger partial charge on any atom is -0.236 e. The summed E-state index contributed by atoms with van der Waals surface area (Å²) in [5, 5.41) is 1.60. The van der Waals surface area contributed by atoms with Crippen LogP contribution in [0.5, 0.6) is 0 Å². The Balaban J connectivity index is 2.26. The predicted molar refractivity (Wildman–Crippen MR) is 77.2 cm³/mol. The number of aromatic nitrogens is 1. The number of rotatable bonds is 1. The summed E-state index contributed by atoms with van der Waals surface area (Å²) in [4.78, 5) is 4.03. The monoisotopic (exact) mass is 307 g/mol. The molecule has 0 aliphatic rings. The van der Waals surface area contributed by atoms with Crippen molar-refractivity contribution in [2.75, 3.05) is 0 Å². The number of fused-ring (bicyclic) bond motifs is 1. The number of hydrogen-bond acceptors (Lipinski definition) is 1. The predicted octanol–water partition coefficient (Wildman–Crippen LogP) is 5.57. The van der Waals surface area contributed by atoms with Crippen LogP contribution in [-0.4, -0.2) is 4.98 Å². The Labute approximate surface area is 124 Å². The van der Waals surface area contributed by atoms with Crippen LogP contribution in [0.15, 0.2) is 54.6 Å². The molecule has 0 spiro atoms. The molecule has 0 amide bonds. The molecule has 0 unspecified atom stereocenters. The Hall–Kier alpha value is -2.07. The minimum absolute atomic E-state index is 0.173.